The first-order chi connectivity index (χ1) is 4.33. The Morgan fingerprint density at radius 1 is 1.33 bits per heavy atom. The maximum absolute atomic E-state index is 3.30. The molecule has 1 nitrogen and oxygen atoms in total. The summed E-state index contributed by atoms with van der Waals surface area (Å²) in [5, 5.41) is 3.30. The second-order valence-electron chi connectivity index (χ2n) is 2.38. The van der Waals surface area contributed by atoms with Gasteiger partial charge in [-0.15, -0.1) is 0 Å². The third kappa shape index (κ3) is 2.35. The fraction of sp³-hybridized carbons (Fsp3) is 1.00. The van der Waals surface area contributed by atoms with E-state index >= 15 is 0 Å². The van der Waals surface area contributed by atoms with Gasteiger partial charge in [-0.3, -0.25) is 0 Å². The lowest BCUT2D eigenvalue weighted by atomic mass is 10.2. The summed E-state index contributed by atoms with van der Waals surface area (Å²) in [5.41, 5.74) is 0.583. The van der Waals surface area contributed by atoms with Crippen molar-refractivity contribution in [3.63, 3.8) is 0 Å². The van der Waals surface area contributed by atoms with Crippen molar-refractivity contribution < 1.29 is 0 Å². The van der Waals surface area contributed by atoms with E-state index in [1.807, 2.05) is 13.8 Å². The highest BCUT2D eigenvalue weighted by Crippen LogP contribution is 2.37. The molecule has 1 heteroatoms. The molecule has 0 aliphatic heterocycles. The van der Waals surface area contributed by atoms with Crippen LogP contribution in [0.2, 0.25) is 0 Å². The molecule has 1 fully saturated rings. The van der Waals surface area contributed by atoms with Crippen LogP contribution in [0.15, 0.2) is 0 Å². The van der Waals surface area contributed by atoms with Crippen LogP contribution in [0.3, 0.4) is 0 Å². The zero-order valence-corrected chi connectivity index (χ0v) is 7.12. The molecule has 0 aromatic heterocycles. The second kappa shape index (κ2) is 3.89. The molecular formula is C8H19N. The van der Waals surface area contributed by atoms with E-state index in [2.05, 4.69) is 19.3 Å². The monoisotopic (exact) mass is 129 g/mol. The molecule has 0 spiro atoms. The Morgan fingerprint density at radius 3 is 1.78 bits per heavy atom. The molecule has 1 rings (SSSR count). The SMILES string of the molecule is CC.CCC1(NC)CC1. The van der Waals surface area contributed by atoms with Crippen molar-refractivity contribution in [1.82, 2.24) is 5.32 Å². The number of rotatable bonds is 2. The average molecular weight is 129 g/mol. The summed E-state index contributed by atoms with van der Waals surface area (Å²) in [4.78, 5) is 0. The Kier molecular flexibility index (Phi) is 3.87. The van der Waals surface area contributed by atoms with Gasteiger partial charge in [0.15, 0.2) is 0 Å². The molecule has 56 valence electrons. The minimum absolute atomic E-state index is 0.583. The first-order valence-electron chi connectivity index (χ1n) is 4.02. The summed E-state index contributed by atoms with van der Waals surface area (Å²) in [6.07, 6.45) is 4.07. The van der Waals surface area contributed by atoms with E-state index in [0.717, 1.165) is 0 Å². The van der Waals surface area contributed by atoms with E-state index in [4.69, 9.17) is 0 Å². The molecule has 0 bridgehead atoms. The van der Waals surface area contributed by atoms with Gasteiger partial charge in [0.25, 0.3) is 0 Å². The molecule has 1 aliphatic carbocycles. The van der Waals surface area contributed by atoms with Gasteiger partial charge in [-0.05, 0) is 26.3 Å². The van der Waals surface area contributed by atoms with Crippen molar-refractivity contribution in [3.05, 3.63) is 0 Å². The third-order valence-electron chi connectivity index (χ3n) is 2.06. The van der Waals surface area contributed by atoms with Crippen molar-refractivity contribution in [1.29, 1.82) is 0 Å². The smallest absolute Gasteiger partial charge is 0.0177 e. The highest BCUT2D eigenvalue weighted by molar-refractivity contribution is 4.99. The molecule has 0 saturated heterocycles. The zero-order chi connectivity index (χ0) is 7.33. The van der Waals surface area contributed by atoms with E-state index in [0.29, 0.717) is 5.54 Å². The largest absolute Gasteiger partial charge is 0.314 e. The lowest BCUT2D eigenvalue weighted by molar-refractivity contribution is 0.534. The minimum atomic E-state index is 0.583. The summed E-state index contributed by atoms with van der Waals surface area (Å²) in [7, 11) is 2.05. The van der Waals surface area contributed by atoms with Crippen molar-refractivity contribution in [3.8, 4) is 0 Å². The Morgan fingerprint density at radius 2 is 1.78 bits per heavy atom. The molecular weight excluding hydrogens is 110 g/mol. The first kappa shape index (κ1) is 8.96. The molecule has 0 heterocycles. The Balaban J connectivity index is 0.000000291. The Bertz CT molecular complexity index is 59.0. The molecule has 0 aromatic carbocycles. The van der Waals surface area contributed by atoms with Crippen LogP contribution in [-0.4, -0.2) is 12.6 Å². The summed E-state index contributed by atoms with van der Waals surface area (Å²) in [5.74, 6) is 0. The van der Waals surface area contributed by atoms with E-state index in [9.17, 15) is 0 Å². The molecule has 0 atom stereocenters. The van der Waals surface area contributed by atoms with Gasteiger partial charge in [-0.25, -0.2) is 0 Å². The minimum Gasteiger partial charge on any atom is -0.314 e. The van der Waals surface area contributed by atoms with Crippen LogP contribution in [0.4, 0.5) is 0 Å². The van der Waals surface area contributed by atoms with Crippen LogP contribution in [0, 0.1) is 0 Å². The molecule has 0 amide bonds. The maximum atomic E-state index is 3.30. The van der Waals surface area contributed by atoms with Gasteiger partial charge in [0, 0.05) is 5.54 Å². The fourth-order valence-corrected chi connectivity index (χ4v) is 0.931. The molecule has 1 N–H and O–H groups in total. The van der Waals surface area contributed by atoms with Crippen LogP contribution in [0.5, 0.6) is 0 Å². The van der Waals surface area contributed by atoms with E-state index in [1.165, 1.54) is 19.3 Å². The third-order valence-corrected chi connectivity index (χ3v) is 2.06. The van der Waals surface area contributed by atoms with E-state index in [-0.39, 0.29) is 0 Å². The summed E-state index contributed by atoms with van der Waals surface area (Å²) in [6.45, 7) is 6.24. The number of hydrogen-bond donors (Lipinski definition) is 1. The second-order valence-corrected chi connectivity index (χ2v) is 2.38. The predicted octanol–water partition coefficient (Wildman–Crippen LogP) is 2.17. The van der Waals surface area contributed by atoms with Crippen LogP contribution >= 0.6 is 0 Å². The Hall–Kier alpha value is -0.0400. The highest BCUT2D eigenvalue weighted by atomic mass is 15.0. The standard InChI is InChI=1S/C6H13N.C2H6/c1-3-6(7-2)4-5-6;1-2/h7H,3-5H2,1-2H3;1-2H3. The van der Waals surface area contributed by atoms with Gasteiger partial charge >= 0.3 is 0 Å². The lowest BCUT2D eigenvalue weighted by Gasteiger charge is -2.07. The molecule has 0 unspecified atom stereocenters. The van der Waals surface area contributed by atoms with Gasteiger partial charge < -0.3 is 5.32 Å². The Labute approximate surface area is 58.8 Å². The van der Waals surface area contributed by atoms with Crippen molar-refractivity contribution in [2.24, 2.45) is 0 Å². The van der Waals surface area contributed by atoms with Crippen molar-refractivity contribution in [2.75, 3.05) is 7.05 Å². The van der Waals surface area contributed by atoms with Crippen LogP contribution in [0.25, 0.3) is 0 Å². The maximum Gasteiger partial charge on any atom is 0.0177 e. The van der Waals surface area contributed by atoms with Crippen LogP contribution in [0.1, 0.15) is 40.0 Å². The molecule has 0 aromatic rings. The van der Waals surface area contributed by atoms with Crippen LogP contribution in [-0.2, 0) is 0 Å². The van der Waals surface area contributed by atoms with Gasteiger partial charge in [0.05, 0.1) is 0 Å². The summed E-state index contributed by atoms with van der Waals surface area (Å²) < 4.78 is 0. The van der Waals surface area contributed by atoms with Crippen LogP contribution < -0.4 is 5.32 Å². The van der Waals surface area contributed by atoms with E-state index in [1.54, 1.807) is 0 Å². The molecule has 1 saturated carbocycles. The summed E-state index contributed by atoms with van der Waals surface area (Å²) >= 11 is 0. The molecule has 0 radical (unpaired) electrons. The van der Waals surface area contributed by atoms with Gasteiger partial charge in [-0.2, -0.15) is 0 Å². The molecule has 9 heavy (non-hydrogen) atoms. The topological polar surface area (TPSA) is 12.0 Å². The quantitative estimate of drug-likeness (QED) is 0.602. The number of nitrogens with one attached hydrogen (secondary N) is 1. The fourth-order valence-electron chi connectivity index (χ4n) is 0.931. The zero-order valence-electron chi connectivity index (χ0n) is 7.12. The predicted molar refractivity (Wildman–Crippen MR) is 42.7 cm³/mol. The summed E-state index contributed by atoms with van der Waals surface area (Å²) in [6, 6.07) is 0. The average Bonchev–Trinajstić information content (AvgIpc) is 2.72. The van der Waals surface area contributed by atoms with Crippen molar-refractivity contribution in [2.45, 2.75) is 45.6 Å². The van der Waals surface area contributed by atoms with Crippen molar-refractivity contribution >= 4 is 0 Å². The van der Waals surface area contributed by atoms with Gasteiger partial charge in [0.2, 0.25) is 0 Å². The first-order valence-corrected chi connectivity index (χ1v) is 4.02. The lowest BCUT2D eigenvalue weighted by Crippen LogP contribution is -2.25. The van der Waals surface area contributed by atoms with E-state index < -0.39 is 0 Å². The molecule has 1 aliphatic rings. The van der Waals surface area contributed by atoms with Gasteiger partial charge in [-0.1, -0.05) is 20.8 Å². The number of hydrogen-bond acceptors (Lipinski definition) is 1. The van der Waals surface area contributed by atoms with Gasteiger partial charge in [0.1, 0.15) is 0 Å². The highest BCUT2D eigenvalue weighted by Gasteiger charge is 2.38. The normalized spacial score (nSPS) is 20.0.